The molecule has 1 aliphatic heterocycles. The van der Waals surface area contributed by atoms with Crippen LogP contribution in [0.5, 0.6) is 5.75 Å². The summed E-state index contributed by atoms with van der Waals surface area (Å²) in [5.41, 5.74) is 1.54. The van der Waals surface area contributed by atoms with Gasteiger partial charge in [0.25, 0.3) is 5.95 Å². The summed E-state index contributed by atoms with van der Waals surface area (Å²) in [5, 5.41) is 12.0. The minimum Gasteiger partial charge on any atom is -0.492 e. The average molecular weight is 436 g/mol. The van der Waals surface area contributed by atoms with Gasteiger partial charge < -0.3 is 15.0 Å². The van der Waals surface area contributed by atoms with Crippen LogP contribution >= 0.6 is 0 Å². The molecule has 1 atom stereocenters. The predicted molar refractivity (Wildman–Crippen MR) is 119 cm³/mol. The summed E-state index contributed by atoms with van der Waals surface area (Å²) >= 11 is 0. The van der Waals surface area contributed by atoms with Gasteiger partial charge in [-0.05, 0) is 63.1 Å². The highest BCUT2D eigenvalue weighted by atomic mass is 19.1. The van der Waals surface area contributed by atoms with Crippen LogP contribution in [-0.4, -0.2) is 41.8 Å². The van der Waals surface area contributed by atoms with Crippen molar-refractivity contribution in [2.24, 2.45) is 16.8 Å². The molecule has 9 heteroatoms. The Labute approximate surface area is 186 Å². The zero-order chi connectivity index (χ0) is 22.8. The molecule has 166 valence electrons. The van der Waals surface area contributed by atoms with Crippen LogP contribution in [0.2, 0.25) is 0 Å². The van der Waals surface area contributed by atoms with E-state index in [1.54, 1.807) is 0 Å². The summed E-state index contributed by atoms with van der Waals surface area (Å²) in [4.78, 5) is 27.2. The van der Waals surface area contributed by atoms with Crippen LogP contribution in [-0.2, 0) is 4.79 Å². The van der Waals surface area contributed by atoms with Crippen LogP contribution in [0.1, 0.15) is 37.4 Å². The Balaban J connectivity index is 1.28. The first kappa shape index (κ1) is 21.7. The number of benzene rings is 1. The minimum absolute atomic E-state index is 0.0743. The summed E-state index contributed by atoms with van der Waals surface area (Å²) < 4.78 is 18.9. The van der Waals surface area contributed by atoms with E-state index in [0.717, 1.165) is 19.3 Å². The highest BCUT2D eigenvalue weighted by molar-refractivity contribution is 6.03. The topological polar surface area (TPSA) is 103 Å². The van der Waals surface area contributed by atoms with Crippen LogP contribution < -0.4 is 15.0 Å². The lowest BCUT2D eigenvalue weighted by Gasteiger charge is -2.34. The van der Waals surface area contributed by atoms with Gasteiger partial charge in [-0.2, -0.15) is 10.2 Å². The van der Waals surface area contributed by atoms with Crippen molar-refractivity contribution < 1.29 is 13.9 Å². The molecule has 2 aromatic rings. The first-order valence-electron chi connectivity index (χ1n) is 10.6. The Bertz CT molecular complexity index is 1110. The summed E-state index contributed by atoms with van der Waals surface area (Å²) in [5.74, 6) is 1.89. The molecular formula is C23H25FN6O2. The van der Waals surface area contributed by atoms with E-state index in [-0.39, 0.29) is 17.5 Å². The second-order valence-electron chi connectivity index (χ2n) is 8.40. The zero-order valence-electron chi connectivity index (χ0n) is 18.3. The standard InChI is InChI=1S/C23H25FN6O2/c1-13-20-21(30(3)14(2)22(31)28-20)29-23(27-13)26-7-6-15-8-16(9-15)12-32-19-5-4-18(24)10-17(19)11-25/h4-5,7,10,14-16H,6,8-9,12H2,1-3H3,(H,28,31)/b26-7-/t14-,15-,16+/m0/s1. The number of nitrogens with one attached hydrogen (secondary N) is 1. The Morgan fingerprint density at radius 2 is 2.16 bits per heavy atom. The first-order chi connectivity index (χ1) is 15.4. The molecule has 1 aliphatic carbocycles. The molecule has 0 unspecified atom stereocenters. The molecule has 2 aliphatic rings. The van der Waals surface area contributed by atoms with Gasteiger partial charge in [0.15, 0.2) is 5.82 Å². The molecule has 0 spiro atoms. The third-order valence-electron chi connectivity index (χ3n) is 6.12. The van der Waals surface area contributed by atoms with Crippen molar-refractivity contribution in [3.05, 3.63) is 35.3 Å². The molecule has 1 amide bonds. The van der Waals surface area contributed by atoms with Gasteiger partial charge >= 0.3 is 0 Å². The van der Waals surface area contributed by atoms with Gasteiger partial charge in [0.1, 0.15) is 29.4 Å². The van der Waals surface area contributed by atoms with Crippen molar-refractivity contribution >= 4 is 29.6 Å². The van der Waals surface area contributed by atoms with Gasteiger partial charge in [0.05, 0.1) is 17.9 Å². The van der Waals surface area contributed by atoms with E-state index < -0.39 is 5.82 Å². The molecule has 0 radical (unpaired) electrons. The van der Waals surface area contributed by atoms with Crippen molar-refractivity contribution in [3.8, 4) is 11.8 Å². The summed E-state index contributed by atoms with van der Waals surface area (Å²) in [6.07, 6.45) is 4.68. The number of aryl methyl sites for hydroxylation is 1. The molecule has 1 aromatic heterocycles. The number of hydrogen-bond acceptors (Lipinski definition) is 7. The van der Waals surface area contributed by atoms with Gasteiger partial charge in [-0.25, -0.2) is 14.4 Å². The molecule has 0 bridgehead atoms. The van der Waals surface area contributed by atoms with Crippen molar-refractivity contribution in [2.75, 3.05) is 23.9 Å². The van der Waals surface area contributed by atoms with Crippen LogP contribution in [0.15, 0.2) is 23.2 Å². The largest absolute Gasteiger partial charge is 0.492 e. The Hall–Kier alpha value is -3.54. The second kappa shape index (κ2) is 8.91. The third kappa shape index (κ3) is 4.40. The predicted octanol–water partition coefficient (Wildman–Crippen LogP) is 3.77. The first-order valence-corrected chi connectivity index (χ1v) is 10.6. The van der Waals surface area contributed by atoms with Gasteiger partial charge in [0.2, 0.25) is 5.91 Å². The number of aromatic nitrogens is 2. The van der Waals surface area contributed by atoms with Gasteiger partial charge in [-0.15, -0.1) is 0 Å². The molecule has 1 fully saturated rings. The van der Waals surface area contributed by atoms with Gasteiger partial charge in [-0.1, -0.05) is 0 Å². The van der Waals surface area contributed by atoms with Crippen molar-refractivity contribution in [3.63, 3.8) is 0 Å². The van der Waals surface area contributed by atoms with Crippen molar-refractivity contribution in [2.45, 2.75) is 39.2 Å². The maximum Gasteiger partial charge on any atom is 0.251 e. The lowest BCUT2D eigenvalue weighted by atomic mass is 9.74. The molecule has 1 N–H and O–H groups in total. The average Bonchev–Trinajstić information content (AvgIpc) is 2.74. The number of carbonyl (C=O) groups excluding carboxylic acids is 1. The number of carbonyl (C=O) groups is 1. The quantitative estimate of drug-likeness (QED) is 0.692. The van der Waals surface area contributed by atoms with Crippen molar-refractivity contribution in [1.29, 1.82) is 5.26 Å². The van der Waals surface area contributed by atoms with Crippen LogP contribution in [0, 0.1) is 35.9 Å². The number of rotatable bonds is 6. The molecular weight excluding hydrogens is 411 g/mol. The zero-order valence-corrected chi connectivity index (χ0v) is 18.3. The Morgan fingerprint density at radius 3 is 2.91 bits per heavy atom. The Morgan fingerprint density at radius 1 is 1.38 bits per heavy atom. The maximum atomic E-state index is 13.2. The fourth-order valence-electron chi connectivity index (χ4n) is 4.00. The summed E-state index contributed by atoms with van der Waals surface area (Å²) in [6.45, 7) is 4.17. The monoisotopic (exact) mass is 436 g/mol. The number of aliphatic imine (C=N–C) groups is 1. The number of nitriles is 1. The Kier molecular flexibility index (Phi) is 6.04. The number of ether oxygens (including phenoxy) is 1. The van der Waals surface area contributed by atoms with E-state index in [0.29, 0.717) is 47.3 Å². The maximum absolute atomic E-state index is 13.2. The van der Waals surface area contributed by atoms with Gasteiger partial charge in [0, 0.05) is 13.3 Å². The second-order valence-corrected chi connectivity index (χ2v) is 8.40. The van der Waals surface area contributed by atoms with Crippen LogP contribution in [0.4, 0.5) is 21.8 Å². The number of anilines is 2. The van der Waals surface area contributed by atoms with Crippen LogP contribution in [0.3, 0.4) is 0 Å². The SMILES string of the molecule is Cc1nc(/N=C\C[C@H]2C[C@@H](COc3ccc(F)cc3C#N)C2)nc2c1NC(=O)[C@H](C)N2C. The summed E-state index contributed by atoms with van der Waals surface area (Å²) in [7, 11) is 1.84. The fourth-order valence-corrected chi connectivity index (χ4v) is 4.00. The van der Waals surface area contributed by atoms with Crippen LogP contribution in [0.25, 0.3) is 0 Å². The molecule has 4 rings (SSSR count). The minimum atomic E-state index is -0.444. The number of hydrogen-bond donors (Lipinski definition) is 1. The highest BCUT2D eigenvalue weighted by Gasteiger charge is 2.31. The highest BCUT2D eigenvalue weighted by Crippen LogP contribution is 2.37. The number of fused-ring (bicyclic) bond motifs is 1. The number of likely N-dealkylation sites (N-methyl/N-ethyl adjacent to an activating group) is 1. The normalized spacial score (nSPS) is 22.2. The van der Waals surface area contributed by atoms with Gasteiger partial charge in [-0.3, -0.25) is 4.79 Å². The third-order valence-corrected chi connectivity index (χ3v) is 6.12. The number of halogens is 1. The van der Waals surface area contributed by atoms with E-state index >= 15 is 0 Å². The van der Waals surface area contributed by atoms with E-state index in [4.69, 9.17) is 10.00 Å². The fraction of sp³-hybridized carbons (Fsp3) is 0.435. The molecule has 32 heavy (non-hydrogen) atoms. The van der Waals surface area contributed by atoms with E-state index in [1.165, 1.54) is 18.2 Å². The molecule has 0 saturated heterocycles. The molecule has 8 nitrogen and oxygen atoms in total. The van der Waals surface area contributed by atoms with Crippen molar-refractivity contribution in [1.82, 2.24) is 9.97 Å². The van der Waals surface area contributed by atoms with E-state index in [1.807, 2.05) is 38.1 Å². The molecule has 1 aromatic carbocycles. The lowest BCUT2D eigenvalue weighted by Crippen LogP contribution is -2.44. The smallest absolute Gasteiger partial charge is 0.251 e. The van der Waals surface area contributed by atoms with E-state index in [9.17, 15) is 9.18 Å². The number of amides is 1. The molecule has 2 heterocycles. The summed E-state index contributed by atoms with van der Waals surface area (Å²) in [6, 6.07) is 5.64. The number of nitrogens with zero attached hydrogens (tertiary/aromatic N) is 5. The molecule has 1 saturated carbocycles. The lowest BCUT2D eigenvalue weighted by molar-refractivity contribution is -0.117. The van der Waals surface area contributed by atoms with E-state index in [2.05, 4.69) is 20.3 Å².